The highest BCUT2D eigenvalue weighted by molar-refractivity contribution is 6.38. The van der Waals surface area contributed by atoms with Crippen molar-refractivity contribution < 1.29 is 5.11 Å². The molecule has 0 aliphatic carbocycles. The minimum atomic E-state index is -0.214. The summed E-state index contributed by atoms with van der Waals surface area (Å²) in [6, 6.07) is 4.60. The molecule has 176 valence electrons. The number of halogens is 1. The van der Waals surface area contributed by atoms with E-state index in [-0.39, 0.29) is 12.6 Å². The van der Waals surface area contributed by atoms with Crippen LogP contribution in [0.2, 0.25) is 5.02 Å². The number of fused-ring (bicyclic) bond motifs is 4. The molecule has 2 saturated heterocycles. The van der Waals surface area contributed by atoms with Crippen LogP contribution in [0.1, 0.15) is 31.4 Å². The van der Waals surface area contributed by atoms with Gasteiger partial charge in [-0.05, 0) is 37.8 Å². The number of benzene rings is 1. The SMILES string of the molecule is CN(C)c1cnc2ccc(-c3n[nH]c4nc(N5[C@@H]6CC[C@H]5C[C@@H](N)C6)c(CO)nc34)c(Cl)c2n1. The molecule has 34 heavy (non-hydrogen) atoms. The lowest BCUT2D eigenvalue weighted by molar-refractivity contribution is 0.276. The van der Waals surface area contributed by atoms with E-state index in [0.29, 0.717) is 62.1 Å². The third-order valence-electron chi connectivity index (χ3n) is 6.96. The molecule has 0 saturated carbocycles. The average molecular weight is 480 g/mol. The van der Waals surface area contributed by atoms with Gasteiger partial charge in [-0.15, -0.1) is 0 Å². The second-order valence-electron chi connectivity index (χ2n) is 9.36. The molecule has 4 aromatic rings. The lowest BCUT2D eigenvalue weighted by Crippen LogP contribution is -2.48. The molecular formula is C23H26ClN9O. The number of aromatic amines is 1. The maximum absolute atomic E-state index is 10.2. The predicted octanol–water partition coefficient (Wildman–Crippen LogP) is 2.63. The van der Waals surface area contributed by atoms with Gasteiger partial charge >= 0.3 is 0 Å². The molecule has 2 aliphatic heterocycles. The molecule has 3 atom stereocenters. The zero-order chi connectivity index (χ0) is 23.6. The number of hydrogen-bond donors (Lipinski definition) is 3. The summed E-state index contributed by atoms with van der Waals surface area (Å²) in [5.74, 6) is 1.43. The third-order valence-corrected chi connectivity index (χ3v) is 7.34. The Bertz CT molecular complexity index is 1390. The highest BCUT2D eigenvalue weighted by Crippen LogP contribution is 2.41. The van der Waals surface area contributed by atoms with E-state index in [9.17, 15) is 5.11 Å². The van der Waals surface area contributed by atoms with Gasteiger partial charge in [0.2, 0.25) is 0 Å². The van der Waals surface area contributed by atoms with Gasteiger partial charge in [0.1, 0.15) is 28.2 Å². The highest BCUT2D eigenvalue weighted by atomic mass is 35.5. The Kier molecular flexibility index (Phi) is 5.05. The quantitative estimate of drug-likeness (QED) is 0.403. The molecule has 11 heteroatoms. The molecule has 0 spiro atoms. The fourth-order valence-electron chi connectivity index (χ4n) is 5.37. The van der Waals surface area contributed by atoms with Crippen LogP contribution >= 0.6 is 11.6 Å². The van der Waals surface area contributed by atoms with E-state index in [1.807, 2.05) is 31.1 Å². The van der Waals surface area contributed by atoms with Gasteiger partial charge < -0.3 is 20.6 Å². The minimum Gasteiger partial charge on any atom is -0.390 e. The van der Waals surface area contributed by atoms with Crippen LogP contribution < -0.4 is 15.5 Å². The van der Waals surface area contributed by atoms with Crippen LogP contribution in [0.3, 0.4) is 0 Å². The van der Waals surface area contributed by atoms with Gasteiger partial charge in [0.25, 0.3) is 0 Å². The summed E-state index contributed by atoms with van der Waals surface area (Å²) >= 11 is 6.80. The molecule has 6 rings (SSSR count). The van der Waals surface area contributed by atoms with E-state index in [2.05, 4.69) is 25.1 Å². The average Bonchev–Trinajstić information content (AvgIpc) is 3.35. The first kappa shape index (κ1) is 21.5. The zero-order valence-electron chi connectivity index (χ0n) is 19.0. The Hall–Kier alpha value is -3.08. The number of nitrogens with zero attached hydrogens (tertiary/aromatic N) is 7. The van der Waals surface area contributed by atoms with E-state index in [1.54, 1.807) is 6.20 Å². The molecule has 0 radical (unpaired) electrons. The van der Waals surface area contributed by atoms with Gasteiger partial charge in [-0.1, -0.05) is 11.6 Å². The van der Waals surface area contributed by atoms with Crippen molar-refractivity contribution in [2.45, 2.75) is 50.4 Å². The van der Waals surface area contributed by atoms with Crippen molar-refractivity contribution in [3.63, 3.8) is 0 Å². The van der Waals surface area contributed by atoms with Crippen LogP contribution in [-0.4, -0.2) is 67.5 Å². The van der Waals surface area contributed by atoms with Gasteiger partial charge in [-0.2, -0.15) is 5.10 Å². The first-order valence-electron chi connectivity index (χ1n) is 11.5. The Morgan fingerprint density at radius 3 is 2.62 bits per heavy atom. The number of aromatic nitrogens is 6. The normalized spacial score (nSPS) is 22.1. The minimum absolute atomic E-state index is 0.214. The number of H-pyrrole nitrogens is 1. The van der Waals surface area contributed by atoms with Gasteiger partial charge in [0.15, 0.2) is 11.5 Å². The van der Waals surface area contributed by atoms with Crippen LogP contribution in [0, 0.1) is 0 Å². The largest absolute Gasteiger partial charge is 0.390 e. The molecule has 2 fully saturated rings. The lowest BCUT2D eigenvalue weighted by atomic mass is 9.98. The number of aliphatic hydroxyl groups is 1. The van der Waals surface area contributed by atoms with Crippen molar-refractivity contribution in [3.8, 4) is 11.3 Å². The smallest absolute Gasteiger partial charge is 0.177 e. The monoisotopic (exact) mass is 479 g/mol. The molecule has 0 unspecified atom stereocenters. The van der Waals surface area contributed by atoms with E-state index in [4.69, 9.17) is 27.3 Å². The number of piperidine rings is 1. The Labute approximate surface area is 201 Å². The zero-order valence-corrected chi connectivity index (χ0v) is 19.8. The standard InChI is InChI=1S/C23H26ClN9O/c1-32(2)17-9-26-15-6-5-14(18(24)20(15)28-17)19-21-22(31-30-19)29-23(16(10-34)27-21)33-12-3-4-13(33)8-11(25)7-12/h5-6,9,11-13,34H,3-4,7-8,10,25H2,1-2H3,(H,29,30,31)/t11-,12+,13-. The fourth-order valence-corrected chi connectivity index (χ4v) is 5.66. The molecule has 3 aromatic heterocycles. The maximum atomic E-state index is 10.2. The summed E-state index contributed by atoms with van der Waals surface area (Å²) in [4.78, 5) is 23.0. The molecule has 4 N–H and O–H groups in total. The molecular weight excluding hydrogens is 454 g/mol. The van der Waals surface area contributed by atoms with Crippen LogP contribution in [0.5, 0.6) is 0 Å². The van der Waals surface area contributed by atoms with Crippen molar-refractivity contribution in [2.75, 3.05) is 23.9 Å². The van der Waals surface area contributed by atoms with Crippen LogP contribution in [0.15, 0.2) is 18.3 Å². The highest BCUT2D eigenvalue weighted by Gasteiger charge is 2.41. The van der Waals surface area contributed by atoms with Gasteiger partial charge in [0.05, 0.1) is 23.3 Å². The summed E-state index contributed by atoms with van der Waals surface area (Å²) in [6.07, 6.45) is 5.74. The number of hydrogen-bond acceptors (Lipinski definition) is 9. The molecule has 5 heterocycles. The second-order valence-corrected chi connectivity index (χ2v) is 9.74. The van der Waals surface area contributed by atoms with Crippen molar-refractivity contribution >= 4 is 45.4 Å². The number of nitrogens with one attached hydrogen (secondary N) is 1. The number of nitrogens with two attached hydrogens (primary N) is 1. The number of aliphatic hydroxyl groups excluding tert-OH is 1. The molecule has 2 bridgehead atoms. The topological polar surface area (TPSA) is 133 Å². The summed E-state index contributed by atoms with van der Waals surface area (Å²) in [5, 5.41) is 18.2. The van der Waals surface area contributed by atoms with Gasteiger partial charge in [0, 0.05) is 37.8 Å². The van der Waals surface area contributed by atoms with Crippen molar-refractivity contribution in [1.29, 1.82) is 0 Å². The summed E-state index contributed by atoms with van der Waals surface area (Å²) < 4.78 is 0. The summed E-state index contributed by atoms with van der Waals surface area (Å²) in [7, 11) is 3.81. The Morgan fingerprint density at radius 1 is 1.15 bits per heavy atom. The Balaban J connectivity index is 1.47. The summed E-state index contributed by atoms with van der Waals surface area (Å²) in [6.45, 7) is -0.214. The van der Waals surface area contributed by atoms with E-state index in [1.165, 1.54) is 0 Å². The molecule has 10 nitrogen and oxygen atoms in total. The Morgan fingerprint density at radius 2 is 1.91 bits per heavy atom. The fraction of sp³-hybridized carbons (Fsp3) is 0.435. The van der Waals surface area contributed by atoms with Crippen molar-refractivity contribution in [2.24, 2.45) is 5.73 Å². The lowest BCUT2D eigenvalue weighted by Gasteiger charge is -2.39. The number of anilines is 2. The number of rotatable bonds is 4. The second kappa shape index (κ2) is 8.00. The van der Waals surface area contributed by atoms with Crippen molar-refractivity contribution in [1.82, 2.24) is 30.1 Å². The summed E-state index contributed by atoms with van der Waals surface area (Å²) in [5.41, 5.74) is 10.4. The third kappa shape index (κ3) is 3.28. The molecule has 2 aliphatic rings. The first-order chi connectivity index (χ1) is 16.4. The molecule has 1 aromatic carbocycles. The predicted molar refractivity (Wildman–Crippen MR) is 132 cm³/mol. The van der Waals surface area contributed by atoms with Gasteiger partial charge in [-0.3, -0.25) is 10.1 Å². The van der Waals surface area contributed by atoms with Crippen molar-refractivity contribution in [3.05, 3.63) is 29.0 Å². The first-order valence-corrected chi connectivity index (χ1v) is 11.8. The van der Waals surface area contributed by atoms with E-state index in [0.717, 1.165) is 31.5 Å². The van der Waals surface area contributed by atoms with Crippen LogP contribution in [0.25, 0.3) is 33.5 Å². The van der Waals surface area contributed by atoms with Crippen LogP contribution in [0.4, 0.5) is 11.6 Å². The van der Waals surface area contributed by atoms with E-state index < -0.39 is 0 Å². The van der Waals surface area contributed by atoms with E-state index >= 15 is 0 Å². The molecule has 0 amide bonds. The van der Waals surface area contributed by atoms with Gasteiger partial charge in [-0.25, -0.2) is 15.0 Å². The van der Waals surface area contributed by atoms with Crippen LogP contribution in [-0.2, 0) is 6.61 Å². The maximum Gasteiger partial charge on any atom is 0.177 e.